The minimum Gasteiger partial charge on any atom is -0.481 e. The van der Waals surface area contributed by atoms with Crippen LogP contribution in [0.2, 0.25) is 0 Å². The topological polar surface area (TPSA) is 66.3 Å². The molecular weight excluding hydrogens is 242 g/mol. The molecule has 5 nitrogen and oxygen atoms in total. The van der Waals surface area contributed by atoms with Crippen LogP contribution in [-0.4, -0.2) is 34.1 Å². The normalized spacial score (nSPS) is 18.9. The summed E-state index contributed by atoms with van der Waals surface area (Å²) in [4.78, 5) is 21.7. The van der Waals surface area contributed by atoms with Gasteiger partial charge in [-0.25, -0.2) is 9.97 Å². The number of carboxylic acids is 1. The van der Waals surface area contributed by atoms with Gasteiger partial charge in [0, 0.05) is 31.1 Å². The summed E-state index contributed by atoms with van der Waals surface area (Å²) in [6, 6.07) is 7.86. The van der Waals surface area contributed by atoms with Crippen molar-refractivity contribution in [2.45, 2.75) is 12.8 Å². The zero-order valence-electron chi connectivity index (χ0n) is 10.5. The minimum atomic E-state index is -0.730. The number of benzene rings is 1. The van der Waals surface area contributed by atoms with Gasteiger partial charge in [-0.05, 0) is 18.4 Å². The predicted molar refractivity (Wildman–Crippen MR) is 72.1 cm³/mol. The van der Waals surface area contributed by atoms with E-state index < -0.39 is 5.97 Å². The Hall–Kier alpha value is -2.17. The standard InChI is InChI=1S/C14H15N3O2/c18-13(19)7-10-5-6-17(9-10)14-15-8-11-3-1-2-4-12(11)16-14/h1-4,8,10H,5-7,9H2,(H,18,19). The van der Waals surface area contributed by atoms with Crippen molar-refractivity contribution in [3.63, 3.8) is 0 Å². The molecule has 0 radical (unpaired) electrons. The van der Waals surface area contributed by atoms with Gasteiger partial charge in [0.15, 0.2) is 0 Å². The van der Waals surface area contributed by atoms with Crippen molar-refractivity contribution in [3.05, 3.63) is 30.5 Å². The molecule has 1 aromatic heterocycles. The molecule has 0 bridgehead atoms. The number of aromatic nitrogens is 2. The number of aliphatic carboxylic acids is 1. The highest BCUT2D eigenvalue weighted by Crippen LogP contribution is 2.24. The zero-order valence-corrected chi connectivity index (χ0v) is 10.5. The summed E-state index contributed by atoms with van der Waals surface area (Å²) >= 11 is 0. The maximum Gasteiger partial charge on any atom is 0.303 e. The van der Waals surface area contributed by atoms with Gasteiger partial charge < -0.3 is 10.0 Å². The molecule has 1 fully saturated rings. The van der Waals surface area contributed by atoms with Crippen LogP contribution in [0, 0.1) is 5.92 Å². The van der Waals surface area contributed by atoms with Gasteiger partial charge in [-0.2, -0.15) is 0 Å². The van der Waals surface area contributed by atoms with E-state index in [1.807, 2.05) is 30.5 Å². The Labute approximate surface area is 110 Å². The van der Waals surface area contributed by atoms with Gasteiger partial charge in [-0.3, -0.25) is 4.79 Å². The second-order valence-corrected chi connectivity index (χ2v) is 4.93. The van der Waals surface area contributed by atoms with Crippen LogP contribution < -0.4 is 4.90 Å². The lowest BCUT2D eigenvalue weighted by Crippen LogP contribution is -2.22. The molecule has 0 spiro atoms. The highest BCUT2D eigenvalue weighted by Gasteiger charge is 2.26. The third kappa shape index (κ3) is 2.50. The lowest BCUT2D eigenvalue weighted by molar-refractivity contribution is -0.137. The Kier molecular flexibility index (Phi) is 3.03. The molecule has 1 aromatic carbocycles. The first-order valence-electron chi connectivity index (χ1n) is 6.41. The molecule has 1 N–H and O–H groups in total. The summed E-state index contributed by atoms with van der Waals surface area (Å²) in [6.45, 7) is 1.56. The van der Waals surface area contributed by atoms with E-state index in [1.54, 1.807) is 0 Å². The Bertz CT molecular complexity index is 614. The first-order chi connectivity index (χ1) is 9.22. The average molecular weight is 257 g/mol. The van der Waals surface area contributed by atoms with Crippen molar-refractivity contribution in [3.8, 4) is 0 Å². The van der Waals surface area contributed by atoms with Crippen molar-refractivity contribution in [1.29, 1.82) is 0 Å². The van der Waals surface area contributed by atoms with E-state index >= 15 is 0 Å². The molecule has 1 aliphatic heterocycles. The fourth-order valence-corrected chi connectivity index (χ4v) is 2.54. The zero-order chi connectivity index (χ0) is 13.2. The van der Waals surface area contributed by atoms with Gasteiger partial charge in [0.05, 0.1) is 5.52 Å². The number of rotatable bonds is 3. The van der Waals surface area contributed by atoms with Gasteiger partial charge in [0.2, 0.25) is 5.95 Å². The highest BCUT2D eigenvalue weighted by atomic mass is 16.4. The van der Waals surface area contributed by atoms with Gasteiger partial charge in [0.1, 0.15) is 0 Å². The summed E-state index contributed by atoms with van der Waals surface area (Å²) < 4.78 is 0. The van der Waals surface area contributed by atoms with Gasteiger partial charge >= 0.3 is 5.97 Å². The molecule has 98 valence electrons. The van der Waals surface area contributed by atoms with E-state index in [0.29, 0.717) is 5.95 Å². The lowest BCUT2D eigenvalue weighted by Gasteiger charge is -2.16. The summed E-state index contributed by atoms with van der Waals surface area (Å²) in [5.41, 5.74) is 0.925. The smallest absolute Gasteiger partial charge is 0.303 e. The van der Waals surface area contributed by atoms with Crippen LogP contribution in [0.25, 0.3) is 10.9 Å². The molecule has 0 aliphatic carbocycles. The largest absolute Gasteiger partial charge is 0.481 e. The number of nitrogens with zero attached hydrogens (tertiary/aromatic N) is 3. The highest BCUT2D eigenvalue weighted by molar-refractivity contribution is 5.78. The Morgan fingerprint density at radius 1 is 1.42 bits per heavy atom. The first-order valence-corrected chi connectivity index (χ1v) is 6.41. The number of hydrogen-bond acceptors (Lipinski definition) is 4. The molecule has 5 heteroatoms. The average Bonchev–Trinajstić information content (AvgIpc) is 2.86. The number of carboxylic acid groups (broad SMARTS) is 1. The van der Waals surface area contributed by atoms with E-state index in [1.165, 1.54) is 0 Å². The minimum absolute atomic E-state index is 0.201. The van der Waals surface area contributed by atoms with E-state index in [9.17, 15) is 4.79 Å². The third-order valence-corrected chi connectivity index (χ3v) is 3.51. The van der Waals surface area contributed by atoms with Crippen LogP contribution in [0.15, 0.2) is 30.5 Å². The molecule has 0 amide bonds. The van der Waals surface area contributed by atoms with Crippen LogP contribution in [0.5, 0.6) is 0 Å². The fourth-order valence-electron chi connectivity index (χ4n) is 2.54. The number of carbonyl (C=O) groups is 1. The quantitative estimate of drug-likeness (QED) is 0.910. The first kappa shape index (κ1) is 11.9. The molecule has 0 saturated carbocycles. The van der Waals surface area contributed by atoms with Crippen molar-refractivity contribution in [2.75, 3.05) is 18.0 Å². The van der Waals surface area contributed by atoms with Crippen molar-refractivity contribution < 1.29 is 9.90 Å². The summed E-state index contributed by atoms with van der Waals surface area (Å²) in [5.74, 6) is 0.172. The second-order valence-electron chi connectivity index (χ2n) is 4.93. The monoisotopic (exact) mass is 257 g/mol. The second kappa shape index (κ2) is 4.84. The van der Waals surface area contributed by atoms with Crippen LogP contribution in [-0.2, 0) is 4.79 Å². The molecule has 1 unspecified atom stereocenters. The number of anilines is 1. The fraction of sp³-hybridized carbons (Fsp3) is 0.357. The summed E-state index contributed by atoms with van der Waals surface area (Å²) in [6.07, 6.45) is 2.94. The molecule has 1 aliphatic rings. The third-order valence-electron chi connectivity index (χ3n) is 3.51. The van der Waals surface area contributed by atoms with Crippen LogP contribution >= 0.6 is 0 Å². The predicted octanol–water partition coefficient (Wildman–Crippen LogP) is 1.93. The van der Waals surface area contributed by atoms with E-state index in [4.69, 9.17) is 5.11 Å². The molecule has 1 atom stereocenters. The van der Waals surface area contributed by atoms with E-state index in [2.05, 4.69) is 14.9 Å². The van der Waals surface area contributed by atoms with E-state index in [-0.39, 0.29) is 12.3 Å². The van der Waals surface area contributed by atoms with E-state index in [0.717, 1.165) is 30.4 Å². The maximum absolute atomic E-state index is 10.7. The van der Waals surface area contributed by atoms with Crippen molar-refractivity contribution in [1.82, 2.24) is 9.97 Å². The molecule has 3 rings (SSSR count). The van der Waals surface area contributed by atoms with Gasteiger partial charge in [-0.1, -0.05) is 18.2 Å². The van der Waals surface area contributed by atoms with Gasteiger partial charge in [0.25, 0.3) is 0 Å². The Morgan fingerprint density at radius 3 is 3.11 bits per heavy atom. The number of hydrogen-bond donors (Lipinski definition) is 1. The maximum atomic E-state index is 10.7. The van der Waals surface area contributed by atoms with Crippen LogP contribution in [0.4, 0.5) is 5.95 Å². The number of fused-ring (bicyclic) bond motifs is 1. The molecular formula is C14H15N3O2. The Balaban J connectivity index is 1.79. The number of para-hydroxylation sites is 1. The molecule has 19 heavy (non-hydrogen) atoms. The molecule has 2 heterocycles. The summed E-state index contributed by atoms with van der Waals surface area (Å²) in [7, 11) is 0. The van der Waals surface area contributed by atoms with Crippen LogP contribution in [0.3, 0.4) is 0 Å². The SMILES string of the molecule is O=C(O)CC1CCN(c2ncc3ccccc3n2)C1. The summed E-state index contributed by atoms with van der Waals surface area (Å²) in [5, 5.41) is 9.84. The van der Waals surface area contributed by atoms with Gasteiger partial charge in [-0.15, -0.1) is 0 Å². The van der Waals surface area contributed by atoms with Crippen molar-refractivity contribution in [2.24, 2.45) is 5.92 Å². The molecule has 2 aromatic rings. The molecule has 1 saturated heterocycles. The van der Waals surface area contributed by atoms with Crippen LogP contribution in [0.1, 0.15) is 12.8 Å². The van der Waals surface area contributed by atoms with Crippen molar-refractivity contribution >= 4 is 22.8 Å². The Morgan fingerprint density at radius 2 is 2.26 bits per heavy atom. The lowest BCUT2D eigenvalue weighted by atomic mass is 10.1.